The second-order valence-corrected chi connectivity index (χ2v) is 9.87. The van der Waals surface area contributed by atoms with Crippen LogP contribution in [0.2, 0.25) is 0 Å². The van der Waals surface area contributed by atoms with E-state index in [1.165, 1.54) is 77.0 Å². The Morgan fingerprint density at radius 1 is 0.778 bits per heavy atom. The fourth-order valence-corrected chi connectivity index (χ4v) is 6.00. The third-order valence-electron chi connectivity index (χ3n) is 5.90. The van der Waals surface area contributed by atoms with Crippen LogP contribution >= 0.6 is 11.8 Å². The van der Waals surface area contributed by atoms with E-state index in [4.69, 9.17) is 9.47 Å². The molecule has 0 aliphatic carbocycles. The molecular formula is C24H42O2S. The van der Waals surface area contributed by atoms with Gasteiger partial charge in [-0.3, -0.25) is 0 Å². The Balaban J connectivity index is 1.61. The van der Waals surface area contributed by atoms with Crippen LogP contribution in [-0.4, -0.2) is 35.9 Å². The Hall–Kier alpha value is -0.250. The van der Waals surface area contributed by atoms with Gasteiger partial charge < -0.3 is 9.47 Å². The maximum Gasteiger partial charge on any atom is 0.0576 e. The standard InChI is InChI=1S/C24H42O2S/c1-3-11-23(17-7-5-13-21-15-9-19-25-21)27-24(12-4-2)18-8-6-14-22-16-10-20-26-22/h3-4,21-24H,1-2,5-20H2. The molecule has 0 aromatic carbocycles. The quantitative estimate of drug-likeness (QED) is 0.206. The van der Waals surface area contributed by atoms with Crippen LogP contribution in [-0.2, 0) is 9.47 Å². The summed E-state index contributed by atoms with van der Waals surface area (Å²) in [5.41, 5.74) is 0. The lowest BCUT2D eigenvalue weighted by Gasteiger charge is -2.22. The summed E-state index contributed by atoms with van der Waals surface area (Å²) in [5, 5.41) is 1.44. The second-order valence-electron chi connectivity index (χ2n) is 8.27. The predicted octanol–water partition coefficient (Wildman–Crippen LogP) is 7.09. The molecular weight excluding hydrogens is 352 g/mol. The first-order valence-electron chi connectivity index (χ1n) is 11.4. The topological polar surface area (TPSA) is 18.5 Å². The molecule has 2 rings (SSSR count). The first kappa shape index (κ1) is 23.0. The van der Waals surface area contributed by atoms with Crippen LogP contribution in [0.4, 0.5) is 0 Å². The number of unbranched alkanes of at least 4 members (excludes halogenated alkanes) is 2. The van der Waals surface area contributed by atoms with Crippen molar-refractivity contribution in [3.63, 3.8) is 0 Å². The van der Waals surface area contributed by atoms with Crippen LogP contribution in [0, 0.1) is 0 Å². The highest BCUT2D eigenvalue weighted by molar-refractivity contribution is 8.00. The Bertz CT molecular complexity index is 350. The summed E-state index contributed by atoms with van der Waals surface area (Å²) in [6.45, 7) is 9.96. The highest BCUT2D eigenvalue weighted by atomic mass is 32.2. The zero-order chi connectivity index (χ0) is 19.2. The molecule has 2 aliphatic heterocycles. The van der Waals surface area contributed by atoms with Crippen molar-refractivity contribution in [2.75, 3.05) is 13.2 Å². The number of rotatable bonds is 16. The average Bonchev–Trinajstić information content (AvgIpc) is 3.36. The van der Waals surface area contributed by atoms with Crippen LogP contribution in [0.25, 0.3) is 0 Å². The molecule has 0 aromatic heterocycles. The summed E-state index contributed by atoms with van der Waals surface area (Å²) in [5.74, 6) is 0. The maximum atomic E-state index is 5.75. The molecule has 2 aliphatic rings. The summed E-state index contributed by atoms with van der Waals surface area (Å²) in [6, 6.07) is 0. The van der Waals surface area contributed by atoms with E-state index in [0.29, 0.717) is 12.2 Å². The molecule has 156 valence electrons. The smallest absolute Gasteiger partial charge is 0.0576 e. The third kappa shape index (κ3) is 10.2. The van der Waals surface area contributed by atoms with Crippen molar-refractivity contribution in [2.45, 2.75) is 113 Å². The summed E-state index contributed by atoms with van der Waals surface area (Å²) < 4.78 is 11.5. The molecule has 0 radical (unpaired) electrons. The van der Waals surface area contributed by atoms with Crippen molar-refractivity contribution in [2.24, 2.45) is 0 Å². The van der Waals surface area contributed by atoms with Crippen molar-refractivity contribution in [3.8, 4) is 0 Å². The number of ether oxygens (including phenoxy) is 2. The van der Waals surface area contributed by atoms with Gasteiger partial charge in [-0.15, -0.1) is 13.2 Å². The molecule has 0 amide bonds. The van der Waals surface area contributed by atoms with E-state index in [2.05, 4.69) is 37.1 Å². The number of allylic oxidation sites excluding steroid dienone is 2. The zero-order valence-corrected chi connectivity index (χ0v) is 18.2. The largest absolute Gasteiger partial charge is 0.378 e. The predicted molar refractivity (Wildman–Crippen MR) is 120 cm³/mol. The molecule has 2 nitrogen and oxygen atoms in total. The molecule has 0 aromatic rings. The van der Waals surface area contributed by atoms with Crippen LogP contribution in [0.1, 0.15) is 89.9 Å². The maximum absolute atomic E-state index is 5.75. The van der Waals surface area contributed by atoms with Crippen LogP contribution in [0.3, 0.4) is 0 Å². The fourth-order valence-electron chi connectivity index (χ4n) is 4.36. The van der Waals surface area contributed by atoms with Gasteiger partial charge in [0.05, 0.1) is 12.2 Å². The normalized spacial score (nSPS) is 24.7. The molecule has 0 bridgehead atoms. The van der Waals surface area contributed by atoms with Gasteiger partial charge in [-0.2, -0.15) is 11.8 Å². The van der Waals surface area contributed by atoms with Gasteiger partial charge in [0.1, 0.15) is 0 Å². The minimum atomic E-state index is 0.549. The molecule has 0 spiro atoms. The molecule has 3 heteroatoms. The molecule has 27 heavy (non-hydrogen) atoms. The number of hydrogen-bond acceptors (Lipinski definition) is 3. The van der Waals surface area contributed by atoms with E-state index in [1.807, 2.05) is 0 Å². The van der Waals surface area contributed by atoms with Crippen molar-refractivity contribution in [1.82, 2.24) is 0 Å². The molecule has 2 saturated heterocycles. The summed E-state index contributed by atoms with van der Waals surface area (Å²) >= 11 is 2.20. The monoisotopic (exact) mass is 394 g/mol. The lowest BCUT2D eigenvalue weighted by molar-refractivity contribution is 0.102. The Labute approximate surface area is 172 Å². The van der Waals surface area contributed by atoms with E-state index >= 15 is 0 Å². The van der Waals surface area contributed by atoms with Crippen molar-refractivity contribution in [1.29, 1.82) is 0 Å². The van der Waals surface area contributed by atoms with Crippen LogP contribution in [0.5, 0.6) is 0 Å². The van der Waals surface area contributed by atoms with Gasteiger partial charge in [-0.05, 0) is 64.2 Å². The van der Waals surface area contributed by atoms with Gasteiger partial charge in [0.2, 0.25) is 0 Å². The van der Waals surface area contributed by atoms with E-state index < -0.39 is 0 Å². The summed E-state index contributed by atoms with van der Waals surface area (Å²) in [6.07, 6.45) is 23.1. The number of thioether (sulfide) groups is 1. The summed E-state index contributed by atoms with van der Waals surface area (Å²) in [7, 11) is 0. The lowest BCUT2D eigenvalue weighted by Crippen LogP contribution is -2.12. The first-order chi connectivity index (χ1) is 13.3. The van der Waals surface area contributed by atoms with Gasteiger partial charge in [0.15, 0.2) is 0 Å². The Morgan fingerprint density at radius 2 is 1.26 bits per heavy atom. The van der Waals surface area contributed by atoms with Gasteiger partial charge in [-0.25, -0.2) is 0 Å². The van der Waals surface area contributed by atoms with E-state index in [0.717, 1.165) is 36.6 Å². The fraction of sp³-hybridized carbons (Fsp3) is 0.833. The number of hydrogen-bond donors (Lipinski definition) is 0. The van der Waals surface area contributed by atoms with Crippen LogP contribution in [0.15, 0.2) is 25.3 Å². The highest BCUT2D eigenvalue weighted by Gasteiger charge is 2.18. The average molecular weight is 395 g/mol. The minimum Gasteiger partial charge on any atom is -0.378 e. The molecule has 2 heterocycles. The van der Waals surface area contributed by atoms with Crippen molar-refractivity contribution >= 4 is 11.8 Å². The molecule has 0 saturated carbocycles. The summed E-state index contributed by atoms with van der Waals surface area (Å²) in [4.78, 5) is 0. The zero-order valence-electron chi connectivity index (χ0n) is 17.4. The van der Waals surface area contributed by atoms with Crippen LogP contribution < -0.4 is 0 Å². The van der Waals surface area contributed by atoms with Gasteiger partial charge >= 0.3 is 0 Å². The van der Waals surface area contributed by atoms with E-state index in [9.17, 15) is 0 Å². The molecule has 2 fully saturated rings. The van der Waals surface area contributed by atoms with Gasteiger partial charge in [0.25, 0.3) is 0 Å². The molecule has 0 N–H and O–H groups in total. The SMILES string of the molecule is C=CCC(CCCCC1CCCO1)SC(CC=C)CCCCC1CCCO1. The Morgan fingerprint density at radius 3 is 1.63 bits per heavy atom. The van der Waals surface area contributed by atoms with Crippen molar-refractivity contribution in [3.05, 3.63) is 25.3 Å². The highest BCUT2D eigenvalue weighted by Crippen LogP contribution is 2.32. The Kier molecular flexibility index (Phi) is 12.5. The first-order valence-corrected chi connectivity index (χ1v) is 12.4. The molecule has 4 unspecified atom stereocenters. The minimum absolute atomic E-state index is 0.549. The molecule has 4 atom stereocenters. The lowest BCUT2D eigenvalue weighted by atomic mass is 10.1. The third-order valence-corrected chi connectivity index (χ3v) is 7.52. The second kappa shape index (κ2) is 14.7. The van der Waals surface area contributed by atoms with Gasteiger partial charge in [-0.1, -0.05) is 37.8 Å². The van der Waals surface area contributed by atoms with E-state index in [-0.39, 0.29) is 0 Å². The van der Waals surface area contributed by atoms with E-state index in [1.54, 1.807) is 0 Å². The van der Waals surface area contributed by atoms with Crippen molar-refractivity contribution < 1.29 is 9.47 Å². The van der Waals surface area contributed by atoms with Gasteiger partial charge in [0, 0.05) is 23.7 Å².